The Balaban J connectivity index is 2.11. The minimum atomic E-state index is -1.04. The molecule has 0 aliphatic heterocycles. The monoisotopic (exact) mass is 261 g/mol. The van der Waals surface area contributed by atoms with Crippen molar-refractivity contribution in [3.63, 3.8) is 0 Å². The Hall–Kier alpha value is -1.61. The van der Waals surface area contributed by atoms with E-state index >= 15 is 0 Å². The van der Waals surface area contributed by atoms with Crippen molar-refractivity contribution in [3.05, 3.63) is 40.5 Å². The van der Waals surface area contributed by atoms with Crippen LogP contribution in [0.2, 0.25) is 5.15 Å². The van der Waals surface area contributed by atoms with E-state index in [1.54, 1.807) is 6.07 Å². The highest BCUT2D eigenvalue weighted by molar-refractivity contribution is 6.32. The molecule has 4 heteroatoms. The maximum absolute atomic E-state index is 11.0. The molecule has 1 aliphatic rings. The summed E-state index contributed by atoms with van der Waals surface area (Å²) in [6, 6.07) is 7.60. The zero-order valence-corrected chi connectivity index (χ0v) is 10.4. The summed E-state index contributed by atoms with van der Waals surface area (Å²) in [6.07, 6.45) is 3.74. The SMILES string of the molecule is O=C(O)c1cc2ccc(C3CCC3)cc2nc1Cl. The van der Waals surface area contributed by atoms with E-state index in [4.69, 9.17) is 16.7 Å². The third kappa shape index (κ3) is 1.85. The molecule has 3 nitrogen and oxygen atoms in total. The molecule has 0 unspecified atom stereocenters. The van der Waals surface area contributed by atoms with Crippen LogP contribution in [0.4, 0.5) is 0 Å². The molecule has 1 saturated carbocycles. The molecule has 0 amide bonds. The van der Waals surface area contributed by atoms with Crippen LogP contribution in [-0.2, 0) is 0 Å². The second-order valence-corrected chi connectivity index (χ2v) is 5.07. The maximum atomic E-state index is 11.0. The van der Waals surface area contributed by atoms with Crippen molar-refractivity contribution in [2.45, 2.75) is 25.2 Å². The highest BCUT2D eigenvalue weighted by atomic mass is 35.5. The Bertz CT molecular complexity index is 635. The van der Waals surface area contributed by atoms with Crippen LogP contribution in [0.25, 0.3) is 10.9 Å². The number of halogens is 1. The summed E-state index contributed by atoms with van der Waals surface area (Å²) in [5.74, 6) is -0.411. The number of carbonyl (C=O) groups is 1. The predicted octanol–water partition coefficient (Wildman–Crippen LogP) is 3.85. The average Bonchev–Trinajstić information content (AvgIpc) is 2.25. The molecule has 2 aromatic rings. The fourth-order valence-corrected chi connectivity index (χ4v) is 2.53. The van der Waals surface area contributed by atoms with E-state index < -0.39 is 5.97 Å². The summed E-state index contributed by atoms with van der Waals surface area (Å²) in [7, 11) is 0. The maximum Gasteiger partial charge on any atom is 0.338 e. The van der Waals surface area contributed by atoms with Gasteiger partial charge in [0.15, 0.2) is 0 Å². The highest BCUT2D eigenvalue weighted by Crippen LogP contribution is 2.37. The second kappa shape index (κ2) is 4.25. The van der Waals surface area contributed by atoms with Gasteiger partial charge in [0.25, 0.3) is 0 Å². The van der Waals surface area contributed by atoms with Crippen LogP contribution in [0, 0.1) is 0 Å². The number of rotatable bonds is 2. The molecule has 92 valence electrons. The van der Waals surface area contributed by atoms with Crippen LogP contribution < -0.4 is 0 Å². The molecule has 1 aromatic heterocycles. The van der Waals surface area contributed by atoms with Gasteiger partial charge in [-0.1, -0.05) is 30.2 Å². The van der Waals surface area contributed by atoms with Crippen molar-refractivity contribution < 1.29 is 9.90 Å². The number of fused-ring (bicyclic) bond motifs is 1. The Kier molecular flexibility index (Phi) is 2.71. The lowest BCUT2D eigenvalue weighted by molar-refractivity contribution is 0.0697. The van der Waals surface area contributed by atoms with Gasteiger partial charge in [-0.25, -0.2) is 9.78 Å². The van der Waals surface area contributed by atoms with Crippen LogP contribution in [-0.4, -0.2) is 16.1 Å². The van der Waals surface area contributed by atoms with Gasteiger partial charge in [-0.2, -0.15) is 0 Å². The average molecular weight is 262 g/mol. The van der Waals surface area contributed by atoms with E-state index in [1.807, 2.05) is 12.1 Å². The van der Waals surface area contributed by atoms with Crippen LogP contribution in [0.1, 0.15) is 41.1 Å². The lowest BCUT2D eigenvalue weighted by Gasteiger charge is -2.25. The van der Waals surface area contributed by atoms with Crippen molar-refractivity contribution in [3.8, 4) is 0 Å². The molecular weight excluding hydrogens is 250 g/mol. The smallest absolute Gasteiger partial charge is 0.338 e. The Morgan fingerprint density at radius 1 is 1.33 bits per heavy atom. The predicted molar refractivity (Wildman–Crippen MR) is 70.3 cm³/mol. The zero-order chi connectivity index (χ0) is 12.7. The number of carboxylic acids is 1. The molecule has 0 saturated heterocycles. The second-order valence-electron chi connectivity index (χ2n) is 4.71. The molecule has 1 aromatic carbocycles. The zero-order valence-electron chi connectivity index (χ0n) is 9.69. The topological polar surface area (TPSA) is 50.2 Å². The highest BCUT2D eigenvalue weighted by Gasteiger charge is 2.20. The number of hydrogen-bond donors (Lipinski definition) is 1. The van der Waals surface area contributed by atoms with E-state index in [2.05, 4.69) is 11.1 Å². The molecule has 1 aliphatic carbocycles. The van der Waals surface area contributed by atoms with Crippen molar-refractivity contribution in [1.29, 1.82) is 0 Å². The molecule has 1 heterocycles. The van der Waals surface area contributed by atoms with E-state index in [0.29, 0.717) is 5.92 Å². The Morgan fingerprint density at radius 2 is 2.11 bits per heavy atom. The molecule has 18 heavy (non-hydrogen) atoms. The fourth-order valence-electron chi connectivity index (χ4n) is 2.31. The largest absolute Gasteiger partial charge is 0.478 e. The van der Waals surface area contributed by atoms with Gasteiger partial charge in [0.2, 0.25) is 0 Å². The van der Waals surface area contributed by atoms with Crippen LogP contribution in [0.3, 0.4) is 0 Å². The normalized spacial score (nSPS) is 15.6. The lowest BCUT2D eigenvalue weighted by atomic mass is 9.80. The number of aromatic carboxylic acids is 1. The molecule has 1 fully saturated rings. The quantitative estimate of drug-likeness (QED) is 0.836. The first-order chi connectivity index (χ1) is 8.65. The summed E-state index contributed by atoms with van der Waals surface area (Å²) in [4.78, 5) is 15.2. The molecule has 0 bridgehead atoms. The fraction of sp³-hybridized carbons (Fsp3) is 0.286. The van der Waals surface area contributed by atoms with Crippen molar-refractivity contribution in [2.75, 3.05) is 0 Å². The first-order valence-corrected chi connectivity index (χ1v) is 6.36. The first kappa shape index (κ1) is 11.5. The van der Waals surface area contributed by atoms with E-state index in [1.165, 1.54) is 24.8 Å². The summed E-state index contributed by atoms with van der Waals surface area (Å²) in [5, 5.41) is 9.87. The Labute approximate surface area is 109 Å². The number of carboxylic acid groups (broad SMARTS) is 1. The van der Waals surface area contributed by atoms with Gasteiger partial charge in [-0.15, -0.1) is 0 Å². The van der Waals surface area contributed by atoms with Crippen molar-refractivity contribution >= 4 is 28.5 Å². The van der Waals surface area contributed by atoms with Crippen LogP contribution >= 0.6 is 11.6 Å². The molecular formula is C14H12ClNO2. The van der Waals surface area contributed by atoms with Crippen molar-refractivity contribution in [1.82, 2.24) is 4.98 Å². The summed E-state index contributed by atoms with van der Waals surface area (Å²) < 4.78 is 0. The number of benzene rings is 1. The lowest BCUT2D eigenvalue weighted by Crippen LogP contribution is -2.08. The van der Waals surface area contributed by atoms with Crippen LogP contribution in [0.15, 0.2) is 24.3 Å². The molecule has 0 radical (unpaired) electrons. The van der Waals surface area contributed by atoms with E-state index in [9.17, 15) is 4.79 Å². The summed E-state index contributed by atoms with van der Waals surface area (Å²) in [6.45, 7) is 0. The first-order valence-electron chi connectivity index (χ1n) is 5.98. The van der Waals surface area contributed by atoms with Crippen LogP contribution in [0.5, 0.6) is 0 Å². The van der Waals surface area contributed by atoms with Gasteiger partial charge >= 0.3 is 5.97 Å². The Morgan fingerprint density at radius 3 is 2.72 bits per heavy atom. The van der Waals surface area contributed by atoms with Gasteiger partial charge in [0, 0.05) is 5.39 Å². The third-order valence-electron chi connectivity index (χ3n) is 3.60. The minimum Gasteiger partial charge on any atom is -0.478 e. The van der Waals surface area contributed by atoms with Gasteiger partial charge in [-0.05, 0) is 36.5 Å². The number of nitrogens with zero attached hydrogens (tertiary/aromatic N) is 1. The van der Waals surface area contributed by atoms with Crippen molar-refractivity contribution in [2.24, 2.45) is 0 Å². The summed E-state index contributed by atoms with van der Waals surface area (Å²) in [5.41, 5.74) is 2.11. The molecule has 0 atom stereocenters. The van der Waals surface area contributed by atoms with Gasteiger partial charge in [0.05, 0.1) is 11.1 Å². The van der Waals surface area contributed by atoms with E-state index in [0.717, 1.165) is 10.9 Å². The van der Waals surface area contributed by atoms with E-state index in [-0.39, 0.29) is 10.7 Å². The summed E-state index contributed by atoms with van der Waals surface area (Å²) >= 11 is 5.89. The van der Waals surface area contributed by atoms with Gasteiger partial charge in [0.1, 0.15) is 5.15 Å². The molecule has 1 N–H and O–H groups in total. The number of hydrogen-bond acceptors (Lipinski definition) is 2. The van der Waals surface area contributed by atoms with Gasteiger partial charge in [-0.3, -0.25) is 0 Å². The minimum absolute atomic E-state index is 0.0561. The third-order valence-corrected chi connectivity index (χ3v) is 3.89. The number of aromatic nitrogens is 1. The molecule has 0 spiro atoms. The standard InChI is InChI=1S/C14H12ClNO2/c15-13-11(14(17)18)6-10-5-4-9(7-12(10)16-13)8-2-1-3-8/h4-8H,1-3H2,(H,17,18). The molecule has 3 rings (SSSR count). The number of pyridine rings is 1. The van der Waals surface area contributed by atoms with Gasteiger partial charge < -0.3 is 5.11 Å².